The molecule has 0 saturated carbocycles. The lowest BCUT2D eigenvalue weighted by Crippen LogP contribution is -2.17. The van der Waals surface area contributed by atoms with Gasteiger partial charge in [0.05, 0.1) is 29.6 Å². The highest BCUT2D eigenvalue weighted by molar-refractivity contribution is 6.34. The molecule has 3 rings (SSSR count). The van der Waals surface area contributed by atoms with Gasteiger partial charge in [-0.15, -0.1) is 0 Å². The number of aromatic nitrogens is 4. The highest BCUT2D eigenvalue weighted by Crippen LogP contribution is 2.20. The lowest BCUT2D eigenvalue weighted by Gasteiger charge is -2.06. The summed E-state index contributed by atoms with van der Waals surface area (Å²) in [4.78, 5) is 12.4. The van der Waals surface area contributed by atoms with Crippen LogP contribution in [0.2, 0.25) is 10.0 Å². The van der Waals surface area contributed by atoms with Crippen molar-refractivity contribution in [2.45, 2.75) is 20.0 Å². The van der Waals surface area contributed by atoms with Gasteiger partial charge in [-0.05, 0) is 24.6 Å². The monoisotopic (exact) mass is 381 g/mol. The zero-order valence-corrected chi connectivity index (χ0v) is 14.7. The molecule has 0 fully saturated rings. The molecule has 6 nitrogen and oxygen atoms in total. The molecule has 2 heterocycles. The molecule has 0 aliphatic rings. The van der Waals surface area contributed by atoms with Crippen LogP contribution in [0.3, 0.4) is 0 Å². The molecule has 0 saturated heterocycles. The van der Waals surface area contributed by atoms with Crippen LogP contribution in [0.25, 0.3) is 0 Å². The Morgan fingerprint density at radius 1 is 1.24 bits per heavy atom. The molecule has 0 bridgehead atoms. The summed E-state index contributed by atoms with van der Waals surface area (Å²) in [5, 5.41) is 11.5. The first-order valence-electron chi connectivity index (χ1n) is 7.47. The fourth-order valence-corrected chi connectivity index (χ4v) is 2.81. The third kappa shape index (κ3) is 3.83. The standard InChI is InChI=1S/C16H14Cl2FN5O/c1-2-24-15(14(18)7-21-24)16(25)22-12-6-20-23(9-12)8-10-3-4-11(19)5-13(10)17/h3-7,9H,2,8H2,1H3,(H,22,25). The van der Waals surface area contributed by atoms with Crippen molar-refractivity contribution in [3.8, 4) is 0 Å². The summed E-state index contributed by atoms with van der Waals surface area (Å²) in [5.74, 6) is -0.768. The van der Waals surface area contributed by atoms with Crippen LogP contribution >= 0.6 is 23.2 Å². The smallest absolute Gasteiger partial charge is 0.275 e. The minimum atomic E-state index is -0.397. The predicted octanol–water partition coefficient (Wildman–Crippen LogP) is 3.85. The van der Waals surface area contributed by atoms with Gasteiger partial charge in [0, 0.05) is 17.8 Å². The maximum absolute atomic E-state index is 13.1. The number of nitrogens with one attached hydrogen (secondary N) is 1. The fraction of sp³-hybridized carbons (Fsp3) is 0.188. The van der Waals surface area contributed by atoms with Gasteiger partial charge in [-0.25, -0.2) is 4.39 Å². The van der Waals surface area contributed by atoms with Crippen LogP contribution in [0.5, 0.6) is 0 Å². The first-order valence-corrected chi connectivity index (χ1v) is 8.22. The van der Waals surface area contributed by atoms with Crippen LogP contribution in [0.4, 0.5) is 10.1 Å². The van der Waals surface area contributed by atoms with Crippen molar-refractivity contribution in [3.05, 3.63) is 63.9 Å². The SMILES string of the molecule is CCn1ncc(Cl)c1C(=O)Nc1cnn(Cc2ccc(F)cc2Cl)c1. The number of aryl methyl sites for hydroxylation is 1. The van der Waals surface area contributed by atoms with E-state index in [1.165, 1.54) is 29.2 Å². The molecule has 9 heteroatoms. The number of hydrogen-bond donors (Lipinski definition) is 1. The molecule has 0 unspecified atom stereocenters. The third-order valence-electron chi connectivity index (χ3n) is 3.55. The van der Waals surface area contributed by atoms with E-state index in [4.69, 9.17) is 23.2 Å². The number of anilines is 1. The number of carbonyl (C=O) groups excluding carboxylic acids is 1. The average Bonchev–Trinajstić information content (AvgIpc) is 3.16. The van der Waals surface area contributed by atoms with Crippen LogP contribution in [-0.4, -0.2) is 25.5 Å². The van der Waals surface area contributed by atoms with Gasteiger partial charge in [0.1, 0.15) is 11.5 Å². The molecular weight excluding hydrogens is 368 g/mol. The third-order valence-corrected chi connectivity index (χ3v) is 4.18. The lowest BCUT2D eigenvalue weighted by molar-refractivity contribution is 0.101. The predicted molar refractivity (Wildman–Crippen MR) is 93.6 cm³/mol. The number of carbonyl (C=O) groups is 1. The summed E-state index contributed by atoms with van der Waals surface area (Å²) in [6, 6.07) is 4.18. The van der Waals surface area contributed by atoms with Gasteiger partial charge in [0.25, 0.3) is 5.91 Å². The fourth-order valence-electron chi connectivity index (χ4n) is 2.36. The average molecular weight is 382 g/mol. The summed E-state index contributed by atoms with van der Waals surface area (Å²) in [6.45, 7) is 2.74. The minimum Gasteiger partial charge on any atom is -0.318 e. The molecule has 1 N–H and O–H groups in total. The minimum absolute atomic E-state index is 0.282. The highest BCUT2D eigenvalue weighted by atomic mass is 35.5. The van der Waals surface area contributed by atoms with Gasteiger partial charge in [-0.3, -0.25) is 14.2 Å². The summed E-state index contributed by atoms with van der Waals surface area (Å²) >= 11 is 12.0. The Labute approximate surface area is 153 Å². The lowest BCUT2D eigenvalue weighted by atomic mass is 10.2. The second-order valence-electron chi connectivity index (χ2n) is 5.27. The molecule has 0 atom stereocenters. The molecule has 25 heavy (non-hydrogen) atoms. The Kier molecular flexibility index (Phi) is 5.06. The van der Waals surface area contributed by atoms with Gasteiger partial charge in [-0.2, -0.15) is 10.2 Å². The second kappa shape index (κ2) is 7.25. The Morgan fingerprint density at radius 2 is 2.04 bits per heavy atom. The molecule has 3 aromatic rings. The van der Waals surface area contributed by atoms with E-state index in [1.807, 2.05) is 6.92 Å². The number of halogens is 3. The molecule has 1 amide bonds. The zero-order chi connectivity index (χ0) is 18.0. The molecule has 0 aliphatic carbocycles. The second-order valence-corrected chi connectivity index (χ2v) is 6.09. The van der Waals surface area contributed by atoms with Gasteiger partial charge >= 0.3 is 0 Å². The number of rotatable bonds is 5. The largest absolute Gasteiger partial charge is 0.318 e. The quantitative estimate of drug-likeness (QED) is 0.729. The van der Waals surface area contributed by atoms with Crippen molar-refractivity contribution in [2.75, 3.05) is 5.32 Å². The molecule has 0 radical (unpaired) electrons. The van der Waals surface area contributed by atoms with E-state index in [0.29, 0.717) is 29.5 Å². The number of nitrogens with zero attached hydrogens (tertiary/aromatic N) is 4. The zero-order valence-electron chi connectivity index (χ0n) is 13.2. The van der Waals surface area contributed by atoms with Crippen molar-refractivity contribution < 1.29 is 9.18 Å². The van der Waals surface area contributed by atoms with E-state index < -0.39 is 5.82 Å². The molecular formula is C16H14Cl2FN5O. The molecule has 2 aromatic heterocycles. The van der Waals surface area contributed by atoms with Crippen molar-refractivity contribution in [3.63, 3.8) is 0 Å². The van der Waals surface area contributed by atoms with Gasteiger partial charge in [0.2, 0.25) is 0 Å². The number of amides is 1. The molecule has 130 valence electrons. The van der Waals surface area contributed by atoms with Gasteiger partial charge in [-0.1, -0.05) is 29.3 Å². The highest BCUT2D eigenvalue weighted by Gasteiger charge is 2.17. The molecule has 0 spiro atoms. The van der Waals surface area contributed by atoms with E-state index in [1.54, 1.807) is 16.9 Å². The number of hydrogen-bond acceptors (Lipinski definition) is 3. The Hall–Kier alpha value is -2.38. The van der Waals surface area contributed by atoms with E-state index in [2.05, 4.69) is 15.5 Å². The van der Waals surface area contributed by atoms with Gasteiger partial charge in [0.15, 0.2) is 0 Å². The van der Waals surface area contributed by atoms with Crippen LogP contribution in [0.15, 0.2) is 36.8 Å². The first-order chi connectivity index (χ1) is 12.0. The Bertz CT molecular complexity index is 921. The van der Waals surface area contributed by atoms with Crippen molar-refractivity contribution >= 4 is 34.8 Å². The summed E-state index contributed by atoms with van der Waals surface area (Å²) in [7, 11) is 0. The van der Waals surface area contributed by atoms with E-state index in [9.17, 15) is 9.18 Å². The molecule has 1 aromatic carbocycles. The maximum atomic E-state index is 13.1. The van der Waals surface area contributed by atoms with Crippen LogP contribution < -0.4 is 5.32 Å². The topological polar surface area (TPSA) is 64.7 Å². The number of benzene rings is 1. The normalized spacial score (nSPS) is 10.9. The Morgan fingerprint density at radius 3 is 2.76 bits per heavy atom. The van der Waals surface area contributed by atoms with Crippen LogP contribution in [0.1, 0.15) is 23.0 Å². The van der Waals surface area contributed by atoms with Crippen LogP contribution in [-0.2, 0) is 13.1 Å². The molecule has 0 aliphatic heterocycles. The van der Waals surface area contributed by atoms with Crippen molar-refractivity contribution in [1.29, 1.82) is 0 Å². The van der Waals surface area contributed by atoms with E-state index in [-0.39, 0.29) is 10.9 Å². The first kappa shape index (κ1) is 17.4. The summed E-state index contributed by atoms with van der Waals surface area (Å²) < 4.78 is 16.2. The summed E-state index contributed by atoms with van der Waals surface area (Å²) in [5.41, 5.74) is 1.51. The Balaban J connectivity index is 1.73. The maximum Gasteiger partial charge on any atom is 0.275 e. The van der Waals surface area contributed by atoms with Crippen molar-refractivity contribution in [2.24, 2.45) is 0 Å². The van der Waals surface area contributed by atoms with Crippen molar-refractivity contribution in [1.82, 2.24) is 19.6 Å². The van der Waals surface area contributed by atoms with E-state index in [0.717, 1.165) is 5.56 Å². The van der Waals surface area contributed by atoms with Gasteiger partial charge < -0.3 is 5.32 Å². The van der Waals surface area contributed by atoms with Crippen LogP contribution in [0, 0.1) is 5.82 Å². The summed E-state index contributed by atoms with van der Waals surface area (Å²) in [6.07, 6.45) is 4.59. The van der Waals surface area contributed by atoms with E-state index >= 15 is 0 Å².